The van der Waals surface area contributed by atoms with Gasteiger partial charge in [-0.25, -0.2) is 4.98 Å². The molecule has 2 N–H and O–H groups in total. The summed E-state index contributed by atoms with van der Waals surface area (Å²) in [5.74, 6) is 2.59. The number of aliphatic hydroxyl groups excluding tert-OH is 1. The molecule has 0 spiro atoms. The fourth-order valence-electron chi connectivity index (χ4n) is 6.14. The second kappa shape index (κ2) is 9.84. The number of nitrogens with zero attached hydrogens (tertiary/aromatic N) is 2. The molecule has 0 bridgehead atoms. The van der Waals surface area contributed by atoms with E-state index in [-0.39, 0.29) is 40.9 Å². The number of rotatable bonds is 5. The molecule has 6 unspecified atom stereocenters. The van der Waals surface area contributed by atoms with Gasteiger partial charge in [-0.3, -0.25) is 9.59 Å². The maximum absolute atomic E-state index is 13.2. The summed E-state index contributed by atoms with van der Waals surface area (Å²) in [6.07, 6.45) is 4.15. The summed E-state index contributed by atoms with van der Waals surface area (Å²) in [4.78, 5) is 33.2. The average Bonchev–Trinajstić information content (AvgIpc) is 3.15. The van der Waals surface area contributed by atoms with E-state index >= 15 is 0 Å². The number of carbonyl (C=O) groups excluding carboxylic acids is 2. The Morgan fingerprint density at radius 3 is 2.78 bits per heavy atom. The Labute approximate surface area is 203 Å². The molecule has 178 valence electrons. The van der Waals surface area contributed by atoms with E-state index in [4.69, 9.17) is 4.98 Å². The highest BCUT2D eigenvalue weighted by molar-refractivity contribution is 7.99. The highest BCUT2D eigenvalue weighted by Crippen LogP contribution is 2.57. The van der Waals surface area contributed by atoms with Gasteiger partial charge in [0.1, 0.15) is 0 Å². The van der Waals surface area contributed by atoms with Crippen LogP contribution >= 0.6 is 34.9 Å². The lowest BCUT2D eigenvalue weighted by atomic mass is 9.53. The van der Waals surface area contributed by atoms with Crippen LogP contribution in [-0.4, -0.2) is 69.5 Å². The smallest absolute Gasteiger partial charge is 0.236 e. The monoisotopic (exact) mass is 497 g/mol. The van der Waals surface area contributed by atoms with Gasteiger partial charge in [0.2, 0.25) is 11.8 Å². The average molecular weight is 498 g/mol. The Balaban J connectivity index is 1.52. The van der Waals surface area contributed by atoms with E-state index in [1.807, 2.05) is 29.8 Å². The topological polar surface area (TPSA) is 82.5 Å². The summed E-state index contributed by atoms with van der Waals surface area (Å²) in [6, 6.07) is 0. The van der Waals surface area contributed by atoms with Crippen LogP contribution in [0.25, 0.3) is 0 Å². The third-order valence-corrected chi connectivity index (χ3v) is 10.3. The molecule has 1 saturated carbocycles. The minimum absolute atomic E-state index is 0.0139. The lowest BCUT2D eigenvalue weighted by Crippen LogP contribution is -2.54. The molecule has 2 aliphatic carbocycles. The summed E-state index contributed by atoms with van der Waals surface area (Å²) in [5.41, 5.74) is 1.00. The number of anilines is 1. The fourth-order valence-corrected chi connectivity index (χ4v) is 8.66. The lowest BCUT2D eigenvalue weighted by Gasteiger charge is -2.53. The molecule has 0 radical (unpaired) electrons. The van der Waals surface area contributed by atoms with Crippen LogP contribution in [-0.2, 0) is 16.0 Å². The normalized spacial score (nSPS) is 33.2. The Morgan fingerprint density at radius 2 is 2.09 bits per heavy atom. The fraction of sp³-hybridized carbons (Fsp3) is 0.783. The first-order chi connectivity index (χ1) is 15.2. The van der Waals surface area contributed by atoms with Gasteiger partial charge in [-0.15, -0.1) is 11.3 Å². The molecular weight excluding hydrogens is 462 g/mol. The van der Waals surface area contributed by atoms with Crippen LogP contribution in [0, 0.1) is 23.2 Å². The first-order valence-corrected chi connectivity index (χ1v) is 14.9. The van der Waals surface area contributed by atoms with Crippen molar-refractivity contribution >= 4 is 51.8 Å². The maximum atomic E-state index is 13.2. The van der Waals surface area contributed by atoms with Gasteiger partial charge in [0.25, 0.3) is 0 Å². The first kappa shape index (κ1) is 24.4. The highest BCUT2D eigenvalue weighted by atomic mass is 32.2. The largest absolute Gasteiger partial charge is 0.392 e. The zero-order chi connectivity index (χ0) is 23.0. The maximum Gasteiger partial charge on any atom is 0.236 e. The molecule has 32 heavy (non-hydrogen) atoms. The first-order valence-electron chi connectivity index (χ1n) is 11.6. The van der Waals surface area contributed by atoms with Crippen molar-refractivity contribution in [2.75, 3.05) is 41.9 Å². The van der Waals surface area contributed by atoms with Crippen LogP contribution in [0.15, 0.2) is 0 Å². The zero-order valence-electron chi connectivity index (χ0n) is 19.4. The van der Waals surface area contributed by atoms with Crippen LogP contribution < -0.4 is 5.32 Å². The molecule has 0 aromatic carbocycles. The number of aliphatic hydroxyl groups is 1. The molecule has 1 aliphatic heterocycles. The number of thioether (sulfide) groups is 2. The number of thiazole rings is 1. The second-order valence-corrected chi connectivity index (χ2v) is 13.0. The molecule has 4 rings (SSSR count). The van der Waals surface area contributed by atoms with Crippen molar-refractivity contribution < 1.29 is 14.7 Å². The van der Waals surface area contributed by atoms with Gasteiger partial charge in [-0.2, -0.15) is 23.5 Å². The standard InChI is InChI=1S/C23H35N3O3S3/c1-13(21(29)26-7-9-31-10-8-26)15-5-6-23(3)11-16-19(14(2)18(23)20(15)28)25-22(32-16)24-17(27)12-30-4/h13-15,18,20,28H,5-12H2,1-4H3,(H,24,25,27). The quantitative estimate of drug-likeness (QED) is 0.645. The van der Waals surface area contributed by atoms with Crippen molar-refractivity contribution in [1.82, 2.24) is 9.88 Å². The summed E-state index contributed by atoms with van der Waals surface area (Å²) >= 11 is 4.98. The Hall–Kier alpha value is -0.770. The molecule has 2 heterocycles. The van der Waals surface area contributed by atoms with Gasteiger partial charge < -0.3 is 15.3 Å². The molecule has 6 nitrogen and oxygen atoms in total. The number of amides is 2. The van der Waals surface area contributed by atoms with E-state index in [2.05, 4.69) is 19.2 Å². The van der Waals surface area contributed by atoms with E-state index < -0.39 is 6.10 Å². The number of hydrogen-bond acceptors (Lipinski definition) is 7. The summed E-state index contributed by atoms with van der Waals surface area (Å²) in [6.45, 7) is 8.11. The predicted molar refractivity (Wildman–Crippen MR) is 135 cm³/mol. The number of hydrogen-bond donors (Lipinski definition) is 2. The van der Waals surface area contributed by atoms with Crippen LogP contribution in [0.2, 0.25) is 0 Å². The minimum Gasteiger partial charge on any atom is -0.392 e. The van der Waals surface area contributed by atoms with Crippen LogP contribution in [0.1, 0.15) is 50.1 Å². The SMILES string of the molecule is CSCC(=O)Nc1nc2c(s1)CC1(C)CCC(C(C)C(=O)N3CCSCC3)C(O)C1C2C. The Bertz CT molecular complexity index is 857. The molecule has 3 aliphatic rings. The number of nitrogens with one attached hydrogen (secondary N) is 1. The second-order valence-electron chi connectivity index (χ2n) is 9.87. The van der Waals surface area contributed by atoms with Gasteiger partial charge >= 0.3 is 0 Å². The van der Waals surface area contributed by atoms with Gasteiger partial charge in [-0.05, 0) is 42.8 Å². The summed E-state index contributed by atoms with van der Waals surface area (Å²) in [7, 11) is 0. The Kier molecular flexibility index (Phi) is 7.49. The van der Waals surface area contributed by atoms with Crippen LogP contribution in [0.5, 0.6) is 0 Å². The highest BCUT2D eigenvalue weighted by Gasteiger charge is 2.54. The molecule has 2 fully saturated rings. The third kappa shape index (κ3) is 4.59. The number of aromatic nitrogens is 1. The molecule has 6 atom stereocenters. The van der Waals surface area contributed by atoms with E-state index in [0.29, 0.717) is 10.9 Å². The number of carbonyl (C=O) groups is 2. The zero-order valence-corrected chi connectivity index (χ0v) is 21.9. The van der Waals surface area contributed by atoms with Crippen molar-refractivity contribution in [2.45, 2.75) is 52.1 Å². The van der Waals surface area contributed by atoms with Gasteiger partial charge in [0.05, 0.1) is 17.6 Å². The molecule has 1 aromatic rings. The molecular formula is C23H35N3O3S3. The van der Waals surface area contributed by atoms with Crippen LogP contribution in [0.3, 0.4) is 0 Å². The third-order valence-electron chi connectivity index (χ3n) is 7.80. The summed E-state index contributed by atoms with van der Waals surface area (Å²) in [5, 5.41) is 15.2. The van der Waals surface area contributed by atoms with Crippen molar-refractivity contribution in [3.05, 3.63) is 10.6 Å². The van der Waals surface area contributed by atoms with Crippen LogP contribution in [0.4, 0.5) is 5.13 Å². The summed E-state index contributed by atoms with van der Waals surface area (Å²) < 4.78 is 0. The molecule has 2 amide bonds. The Morgan fingerprint density at radius 1 is 1.38 bits per heavy atom. The molecule has 9 heteroatoms. The van der Waals surface area contributed by atoms with Crippen molar-refractivity contribution in [2.24, 2.45) is 23.2 Å². The van der Waals surface area contributed by atoms with Crippen molar-refractivity contribution in [3.63, 3.8) is 0 Å². The van der Waals surface area contributed by atoms with E-state index in [9.17, 15) is 14.7 Å². The van der Waals surface area contributed by atoms with Gasteiger partial charge in [-0.1, -0.05) is 20.8 Å². The predicted octanol–water partition coefficient (Wildman–Crippen LogP) is 3.71. The molecule has 1 saturated heterocycles. The van der Waals surface area contributed by atoms with Crippen molar-refractivity contribution in [1.29, 1.82) is 0 Å². The lowest BCUT2D eigenvalue weighted by molar-refractivity contribution is -0.144. The van der Waals surface area contributed by atoms with E-state index in [1.54, 1.807) is 11.3 Å². The van der Waals surface area contributed by atoms with Gasteiger partial charge in [0, 0.05) is 41.3 Å². The van der Waals surface area contributed by atoms with E-state index in [1.165, 1.54) is 16.6 Å². The van der Waals surface area contributed by atoms with E-state index in [0.717, 1.165) is 49.6 Å². The van der Waals surface area contributed by atoms with Crippen molar-refractivity contribution in [3.8, 4) is 0 Å². The van der Waals surface area contributed by atoms with Gasteiger partial charge in [0.15, 0.2) is 5.13 Å². The minimum atomic E-state index is -0.522. The molecule has 1 aromatic heterocycles. The number of fused-ring (bicyclic) bond motifs is 2.